The summed E-state index contributed by atoms with van der Waals surface area (Å²) in [5, 5.41) is 14.7. The van der Waals surface area contributed by atoms with Gasteiger partial charge in [-0.25, -0.2) is 0 Å². The third-order valence-electron chi connectivity index (χ3n) is 11.6. The number of hydrogen-bond acceptors (Lipinski definition) is 6. The monoisotopic (exact) mass is 553 g/mol. The predicted molar refractivity (Wildman–Crippen MR) is 151 cm³/mol. The van der Waals surface area contributed by atoms with Gasteiger partial charge in [-0.05, 0) is 106 Å². The second-order valence-corrected chi connectivity index (χ2v) is 13.6. The summed E-state index contributed by atoms with van der Waals surface area (Å²) in [5.41, 5.74) is 0.683. The summed E-state index contributed by atoms with van der Waals surface area (Å²) in [7, 11) is 0. The molecule has 0 unspecified atom stereocenters. The van der Waals surface area contributed by atoms with E-state index in [-0.39, 0.29) is 35.9 Å². The Morgan fingerprint density at radius 3 is 2.58 bits per heavy atom. The lowest BCUT2D eigenvalue weighted by molar-refractivity contribution is -0.170. The highest BCUT2D eigenvalue weighted by molar-refractivity contribution is 5.92. The average Bonchev–Trinajstić information content (AvgIpc) is 3.23. The summed E-state index contributed by atoms with van der Waals surface area (Å²) in [6.45, 7) is 4.51. The molecule has 0 aromatic rings. The van der Waals surface area contributed by atoms with Crippen LogP contribution in [0.15, 0.2) is 23.3 Å². The summed E-state index contributed by atoms with van der Waals surface area (Å²) >= 11 is 0. The Balaban J connectivity index is 1.11. The van der Waals surface area contributed by atoms with Gasteiger partial charge in [0, 0.05) is 24.8 Å². The fraction of sp³-hybridized carbons (Fsp3) is 0.758. The highest BCUT2D eigenvalue weighted by atomic mass is 16.5. The van der Waals surface area contributed by atoms with E-state index in [1.54, 1.807) is 0 Å². The molecule has 0 aromatic carbocycles. The number of aliphatic hydroxyl groups is 1. The molecule has 0 aromatic heterocycles. The van der Waals surface area contributed by atoms with Crippen LogP contribution >= 0.6 is 0 Å². The SMILES string of the molecule is C[C@]12CCC(=O)C=C1CC[C@H]1[C@H]2CC[C@@]2(C)[C@@H]1CC[C@]2(O)C(=O)COC(=O)CCC(=O)NCCC1=CCCCC1. The summed E-state index contributed by atoms with van der Waals surface area (Å²) in [6, 6.07) is 0. The standard InChI is InChI=1S/C33H47NO6/c1-31-16-12-24(35)20-23(31)8-9-25-26(31)13-17-32(2)27(25)14-18-33(32,39)28(36)21-40-30(38)11-10-29(37)34-19-15-22-6-4-3-5-7-22/h6,20,25-27,39H,3-5,7-19,21H2,1-2H3,(H,34,37)/t25-,26+,27+,31-,32-,33-/m0/s1. The van der Waals surface area contributed by atoms with Crippen molar-refractivity contribution in [3.8, 4) is 0 Å². The number of amides is 1. The van der Waals surface area contributed by atoms with E-state index >= 15 is 0 Å². The van der Waals surface area contributed by atoms with E-state index in [0.29, 0.717) is 31.2 Å². The van der Waals surface area contributed by atoms with E-state index in [9.17, 15) is 24.3 Å². The first-order valence-corrected chi connectivity index (χ1v) is 15.7. The molecule has 0 heterocycles. The normalized spacial score (nSPS) is 36.9. The minimum absolute atomic E-state index is 0.0278. The maximum absolute atomic E-state index is 13.4. The van der Waals surface area contributed by atoms with Crippen molar-refractivity contribution < 1.29 is 29.0 Å². The second kappa shape index (κ2) is 11.5. The first-order valence-electron chi connectivity index (χ1n) is 15.7. The number of fused-ring (bicyclic) bond motifs is 5. The number of nitrogens with one attached hydrogen (secondary N) is 1. The quantitative estimate of drug-likeness (QED) is 0.302. The maximum atomic E-state index is 13.4. The van der Waals surface area contributed by atoms with E-state index in [1.165, 1.54) is 24.0 Å². The Hall–Kier alpha value is -2.28. The van der Waals surface area contributed by atoms with Gasteiger partial charge in [-0.2, -0.15) is 0 Å². The lowest BCUT2D eigenvalue weighted by Gasteiger charge is -2.58. The van der Waals surface area contributed by atoms with Gasteiger partial charge in [-0.15, -0.1) is 0 Å². The Bertz CT molecular complexity index is 1110. The highest BCUT2D eigenvalue weighted by Crippen LogP contribution is 2.67. The number of Topliss-reactive ketones (excluding diaryl/α,β-unsaturated/α-hetero) is 1. The number of ether oxygens (including phenoxy) is 1. The highest BCUT2D eigenvalue weighted by Gasteiger charge is 2.66. The predicted octanol–water partition coefficient (Wildman–Crippen LogP) is 5.15. The molecule has 6 atom stereocenters. The molecule has 0 aliphatic heterocycles. The van der Waals surface area contributed by atoms with Crippen molar-refractivity contribution >= 4 is 23.4 Å². The van der Waals surface area contributed by atoms with Gasteiger partial charge in [0.25, 0.3) is 0 Å². The van der Waals surface area contributed by atoms with Gasteiger partial charge in [0.2, 0.25) is 11.7 Å². The number of rotatable bonds is 9. The van der Waals surface area contributed by atoms with Crippen LogP contribution in [0.25, 0.3) is 0 Å². The number of esters is 1. The van der Waals surface area contributed by atoms with Crippen molar-refractivity contribution in [1.29, 1.82) is 0 Å². The minimum atomic E-state index is -1.51. The van der Waals surface area contributed by atoms with Crippen LogP contribution in [0.5, 0.6) is 0 Å². The Morgan fingerprint density at radius 1 is 1.00 bits per heavy atom. The van der Waals surface area contributed by atoms with Crippen LogP contribution in [0, 0.1) is 28.6 Å². The van der Waals surface area contributed by atoms with Gasteiger partial charge in [0.15, 0.2) is 12.4 Å². The zero-order valence-electron chi connectivity index (χ0n) is 24.4. The first-order chi connectivity index (χ1) is 19.1. The summed E-state index contributed by atoms with van der Waals surface area (Å²) in [4.78, 5) is 50.0. The summed E-state index contributed by atoms with van der Waals surface area (Å²) < 4.78 is 5.28. The molecule has 0 saturated heterocycles. The van der Waals surface area contributed by atoms with E-state index in [1.807, 2.05) is 6.08 Å². The molecule has 40 heavy (non-hydrogen) atoms. The van der Waals surface area contributed by atoms with Gasteiger partial charge >= 0.3 is 5.97 Å². The van der Waals surface area contributed by atoms with E-state index in [4.69, 9.17) is 4.74 Å². The van der Waals surface area contributed by atoms with Crippen molar-refractivity contribution in [1.82, 2.24) is 5.32 Å². The first kappa shape index (κ1) is 29.2. The molecule has 3 saturated carbocycles. The van der Waals surface area contributed by atoms with Crippen LogP contribution < -0.4 is 5.32 Å². The molecule has 7 nitrogen and oxygen atoms in total. The van der Waals surface area contributed by atoms with Crippen molar-refractivity contribution in [3.63, 3.8) is 0 Å². The zero-order valence-corrected chi connectivity index (χ0v) is 24.4. The van der Waals surface area contributed by atoms with E-state index < -0.39 is 29.4 Å². The van der Waals surface area contributed by atoms with Gasteiger partial charge in [0.05, 0.1) is 6.42 Å². The average molecular weight is 554 g/mol. The van der Waals surface area contributed by atoms with Gasteiger partial charge in [0.1, 0.15) is 5.60 Å². The Kier molecular flexibility index (Phi) is 8.43. The topological polar surface area (TPSA) is 110 Å². The Labute approximate surface area is 238 Å². The van der Waals surface area contributed by atoms with Crippen molar-refractivity contribution in [2.24, 2.45) is 28.6 Å². The molecule has 5 aliphatic rings. The van der Waals surface area contributed by atoms with Gasteiger partial charge in [-0.3, -0.25) is 19.2 Å². The molecule has 3 fully saturated rings. The van der Waals surface area contributed by atoms with Crippen molar-refractivity contribution in [3.05, 3.63) is 23.3 Å². The lowest BCUT2D eigenvalue weighted by atomic mass is 9.46. The molecule has 0 bridgehead atoms. The second-order valence-electron chi connectivity index (χ2n) is 13.6. The van der Waals surface area contributed by atoms with Crippen molar-refractivity contribution in [2.75, 3.05) is 13.2 Å². The van der Waals surface area contributed by atoms with Crippen LogP contribution in [0.1, 0.15) is 110 Å². The van der Waals surface area contributed by atoms with Crippen LogP contribution in [0.3, 0.4) is 0 Å². The minimum Gasteiger partial charge on any atom is -0.458 e. The molecule has 220 valence electrons. The number of allylic oxidation sites excluding steroid dienone is 2. The molecular formula is C33H47NO6. The lowest BCUT2D eigenvalue weighted by Crippen LogP contribution is -2.58. The molecular weight excluding hydrogens is 506 g/mol. The number of hydrogen-bond donors (Lipinski definition) is 2. The summed E-state index contributed by atoms with van der Waals surface area (Å²) in [6.07, 6.45) is 15.9. The van der Waals surface area contributed by atoms with Gasteiger partial charge < -0.3 is 15.2 Å². The molecule has 0 radical (unpaired) electrons. The van der Waals surface area contributed by atoms with Crippen LogP contribution in [0.2, 0.25) is 0 Å². The third-order valence-corrected chi connectivity index (χ3v) is 11.6. The molecule has 1 amide bonds. The van der Waals surface area contributed by atoms with E-state index in [2.05, 4.69) is 25.2 Å². The zero-order chi connectivity index (χ0) is 28.5. The molecule has 2 N–H and O–H groups in total. The van der Waals surface area contributed by atoms with Crippen molar-refractivity contribution in [2.45, 2.75) is 116 Å². The number of carbonyl (C=O) groups excluding carboxylic acids is 4. The molecule has 5 aliphatic carbocycles. The largest absolute Gasteiger partial charge is 0.458 e. The number of ketones is 2. The van der Waals surface area contributed by atoms with Crippen LogP contribution in [-0.2, 0) is 23.9 Å². The summed E-state index contributed by atoms with van der Waals surface area (Å²) in [5.74, 6) is 0.181. The maximum Gasteiger partial charge on any atom is 0.306 e. The van der Waals surface area contributed by atoms with Crippen LogP contribution in [0.4, 0.5) is 0 Å². The molecule has 7 heteroatoms. The van der Waals surface area contributed by atoms with E-state index in [0.717, 1.165) is 57.8 Å². The van der Waals surface area contributed by atoms with Gasteiger partial charge in [-0.1, -0.05) is 31.1 Å². The molecule has 0 spiro atoms. The Morgan fingerprint density at radius 2 is 1.80 bits per heavy atom. The third kappa shape index (κ3) is 5.35. The fourth-order valence-corrected chi connectivity index (χ4v) is 9.17. The molecule has 5 rings (SSSR count). The van der Waals surface area contributed by atoms with Crippen LogP contribution in [-0.4, -0.2) is 47.3 Å². The number of carbonyl (C=O) groups is 4. The fourth-order valence-electron chi connectivity index (χ4n) is 9.17. The smallest absolute Gasteiger partial charge is 0.306 e.